The lowest BCUT2D eigenvalue weighted by atomic mass is 10.2. The molecule has 0 unspecified atom stereocenters. The van der Waals surface area contributed by atoms with Crippen LogP contribution in [0.1, 0.15) is 18.1 Å². The highest BCUT2D eigenvalue weighted by Crippen LogP contribution is 2.17. The maximum atomic E-state index is 5.82. The molecule has 0 aliphatic heterocycles. The molecule has 0 fully saturated rings. The Morgan fingerprint density at radius 1 is 1.25 bits per heavy atom. The van der Waals surface area contributed by atoms with Gasteiger partial charge in [0, 0.05) is 18.3 Å². The van der Waals surface area contributed by atoms with Gasteiger partial charge in [-0.25, -0.2) is 9.98 Å². The van der Waals surface area contributed by atoms with Crippen LogP contribution in [-0.4, -0.2) is 17.5 Å². The van der Waals surface area contributed by atoms with E-state index in [1.54, 1.807) is 6.20 Å². The molecule has 3 N–H and O–H groups in total. The molecule has 0 atom stereocenters. The number of benzene rings is 1. The second-order valence-electron chi connectivity index (χ2n) is 5.25. The van der Waals surface area contributed by atoms with Gasteiger partial charge in [0.15, 0.2) is 5.96 Å². The van der Waals surface area contributed by atoms with Gasteiger partial charge in [-0.1, -0.05) is 48.6 Å². The first-order valence-corrected chi connectivity index (χ1v) is 7.44. The molecule has 0 aliphatic carbocycles. The molecule has 0 saturated heterocycles. The normalized spacial score (nSPS) is 10.6. The van der Waals surface area contributed by atoms with Crippen LogP contribution in [0.25, 0.3) is 0 Å². The van der Waals surface area contributed by atoms with Gasteiger partial charge in [-0.3, -0.25) is 0 Å². The van der Waals surface area contributed by atoms with E-state index >= 15 is 0 Å². The van der Waals surface area contributed by atoms with E-state index in [-0.39, 0.29) is 24.0 Å². The fourth-order valence-electron chi connectivity index (χ4n) is 1.87. The van der Waals surface area contributed by atoms with E-state index in [1.807, 2.05) is 49.4 Å². The van der Waals surface area contributed by atoms with Gasteiger partial charge in [0.2, 0.25) is 5.88 Å². The molecule has 128 valence electrons. The maximum Gasteiger partial charge on any atom is 0.218 e. The van der Waals surface area contributed by atoms with Crippen molar-refractivity contribution in [2.45, 2.75) is 20.1 Å². The second kappa shape index (κ2) is 10.6. The Bertz CT molecular complexity index is 674. The van der Waals surface area contributed by atoms with Crippen LogP contribution in [0, 0.1) is 0 Å². The first-order chi connectivity index (χ1) is 11.1. The fourth-order valence-corrected chi connectivity index (χ4v) is 1.87. The van der Waals surface area contributed by atoms with Gasteiger partial charge in [-0.15, -0.1) is 24.0 Å². The molecule has 0 aliphatic rings. The van der Waals surface area contributed by atoms with Crippen molar-refractivity contribution in [2.75, 3.05) is 6.54 Å². The number of aliphatic imine (C=N–C) groups is 1. The van der Waals surface area contributed by atoms with Gasteiger partial charge in [0.25, 0.3) is 0 Å². The molecule has 2 rings (SSSR count). The van der Waals surface area contributed by atoms with Crippen LogP contribution in [-0.2, 0) is 13.2 Å². The van der Waals surface area contributed by atoms with Crippen molar-refractivity contribution in [3.8, 4) is 5.88 Å². The summed E-state index contributed by atoms with van der Waals surface area (Å²) in [5.74, 6) is 0.957. The summed E-state index contributed by atoms with van der Waals surface area (Å²) >= 11 is 0. The lowest BCUT2D eigenvalue weighted by Crippen LogP contribution is -2.32. The minimum atomic E-state index is 0. The van der Waals surface area contributed by atoms with Gasteiger partial charge in [0.05, 0.1) is 6.54 Å². The van der Waals surface area contributed by atoms with E-state index in [0.29, 0.717) is 31.5 Å². The highest BCUT2D eigenvalue weighted by Gasteiger charge is 2.05. The lowest BCUT2D eigenvalue weighted by Gasteiger charge is -2.09. The Balaban J connectivity index is 0.00000288. The maximum absolute atomic E-state index is 5.82. The van der Waals surface area contributed by atoms with Crippen LogP contribution in [0.15, 0.2) is 65.8 Å². The van der Waals surface area contributed by atoms with Crippen molar-refractivity contribution in [1.29, 1.82) is 0 Å². The van der Waals surface area contributed by atoms with Gasteiger partial charge in [0.1, 0.15) is 6.61 Å². The third-order valence-corrected chi connectivity index (χ3v) is 3.06. The Kier molecular flexibility index (Phi) is 8.85. The zero-order chi connectivity index (χ0) is 16.5. The Morgan fingerprint density at radius 2 is 2.00 bits per heavy atom. The Hall–Kier alpha value is -2.09. The van der Waals surface area contributed by atoms with Gasteiger partial charge in [-0.05, 0) is 18.6 Å². The fraction of sp³-hybridized carbons (Fsp3) is 0.222. The Labute approximate surface area is 160 Å². The number of pyridine rings is 1. The third kappa shape index (κ3) is 6.99. The van der Waals surface area contributed by atoms with Crippen LogP contribution in [0.3, 0.4) is 0 Å². The number of nitrogens with one attached hydrogen (secondary N) is 1. The highest BCUT2D eigenvalue weighted by atomic mass is 127. The second-order valence-corrected chi connectivity index (χ2v) is 5.25. The average molecular weight is 438 g/mol. The van der Waals surface area contributed by atoms with Crippen LogP contribution in [0.5, 0.6) is 5.88 Å². The lowest BCUT2D eigenvalue weighted by molar-refractivity contribution is 0.290. The number of ether oxygens (including phenoxy) is 1. The van der Waals surface area contributed by atoms with Crippen LogP contribution < -0.4 is 15.8 Å². The van der Waals surface area contributed by atoms with Crippen molar-refractivity contribution < 1.29 is 4.74 Å². The van der Waals surface area contributed by atoms with Crippen molar-refractivity contribution >= 4 is 29.9 Å². The van der Waals surface area contributed by atoms with E-state index in [9.17, 15) is 0 Å². The molecule has 1 heterocycles. The van der Waals surface area contributed by atoms with E-state index < -0.39 is 0 Å². The smallest absolute Gasteiger partial charge is 0.218 e. The minimum absolute atomic E-state index is 0. The first-order valence-electron chi connectivity index (χ1n) is 7.44. The van der Waals surface area contributed by atoms with Crippen molar-refractivity contribution in [1.82, 2.24) is 10.3 Å². The average Bonchev–Trinajstić information content (AvgIpc) is 2.58. The molecule has 6 heteroatoms. The number of aromatic nitrogens is 1. The van der Waals surface area contributed by atoms with Gasteiger partial charge >= 0.3 is 0 Å². The van der Waals surface area contributed by atoms with E-state index in [0.717, 1.165) is 16.7 Å². The van der Waals surface area contributed by atoms with E-state index in [4.69, 9.17) is 10.5 Å². The largest absolute Gasteiger partial charge is 0.473 e. The summed E-state index contributed by atoms with van der Waals surface area (Å²) in [6.07, 6.45) is 1.70. The summed E-state index contributed by atoms with van der Waals surface area (Å²) in [7, 11) is 0. The summed E-state index contributed by atoms with van der Waals surface area (Å²) in [6, 6.07) is 13.8. The van der Waals surface area contributed by atoms with Crippen molar-refractivity contribution in [3.63, 3.8) is 0 Å². The number of guanidine groups is 1. The first kappa shape index (κ1) is 20.0. The molecule has 1 aromatic heterocycles. The molecule has 0 saturated carbocycles. The monoisotopic (exact) mass is 438 g/mol. The number of hydrogen-bond donors (Lipinski definition) is 2. The predicted octanol–water partition coefficient (Wildman–Crippen LogP) is 3.26. The van der Waals surface area contributed by atoms with Gasteiger partial charge < -0.3 is 15.8 Å². The van der Waals surface area contributed by atoms with Crippen molar-refractivity contribution in [2.24, 2.45) is 10.7 Å². The summed E-state index contributed by atoms with van der Waals surface area (Å²) in [4.78, 5) is 8.58. The molecule has 0 radical (unpaired) electrons. The number of halogens is 1. The number of nitrogens with two attached hydrogens (primary N) is 1. The molecule has 0 bridgehead atoms. The molecule has 24 heavy (non-hydrogen) atoms. The SMILES string of the molecule is C=C(C)CNC(N)=NCc1cccnc1OCc1ccccc1.I. The van der Waals surface area contributed by atoms with E-state index in [2.05, 4.69) is 21.9 Å². The molecule has 5 nitrogen and oxygen atoms in total. The molecule has 0 spiro atoms. The van der Waals surface area contributed by atoms with Crippen molar-refractivity contribution in [3.05, 3.63) is 71.9 Å². The summed E-state index contributed by atoms with van der Waals surface area (Å²) < 4.78 is 5.80. The van der Waals surface area contributed by atoms with E-state index in [1.165, 1.54) is 0 Å². The van der Waals surface area contributed by atoms with Crippen LogP contribution >= 0.6 is 24.0 Å². The Morgan fingerprint density at radius 3 is 2.71 bits per heavy atom. The topological polar surface area (TPSA) is 72.5 Å². The zero-order valence-corrected chi connectivity index (χ0v) is 16.1. The van der Waals surface area contributed by atoms with Crippen LogP contribution in [0.2, 0.25) is 0 Å². The molecule has 2 aromatic rings. The number of nitrogens with zero attached hydrogens (tertiary/aromatic N) is 2. The molecule has 1 aromatic carbocycles. The summed E-state index contributed by atoms with van der Waals surface area (Å²) in [5.41, 5.74) is 8.80. The molecule has 0 amide bonds. The number of rotatable bonds is 7. The summed E-state index contributed by atoms with van der Waals surface area (Å²) in [6.45, 7) is 7.23. The minimum Gasteiger partial charge on any atom is -0.473 e. The number of hydrogen-bond acceptors (Lipinski definition) is 3. The molecular weight excluding hydrogens is 415 g/mol. The zero-order valence-electron chi connectivity index (χ0n) is 13.7. The predicted molar refractivity (Wildman–Crippen MR) is 109 cm³/mol. The standard InChI is InChI=1S/C18H22N4O.HI/c1-14(2)11-21-18(19)22-12-16-9-6-10-20-17(16)23-13-15-7-4-3-5-8-15;/h3-10H,1,11-13H2,2H3,(H3,19,21,22);1H. The summed E-state index contributed by atoms with van der Waals surface area (Å²) in [5, 5.41) is 3.00. The highest BCUT2D eigenvalue weighted by molar-refractivity contribution is 14.0. The quantitative estimate of drug-likeness (QED) is 0.301. The van der Waals surface area contributed by atoms with Crippen LogP contribution in [0.4, 0.5) is 0 Å². The third-order valence-electron chi connectivity index (χ3n) is 3.06. The molecular formula is C18H23IN4O. The van der Waals surface area contributed by atoms with Gasteiger partial charge in [-0.2, -0.15) is 0 Å².